The second-order valence-corrected chi connectivity index (χ2v) is 3.93. The van der Waals surface area contributed by atoms with Gasteiger partial charge in [0, 0.05) is 6.42 Å². The van der Waals surface area contributed by atoms with E-state index in [0.717, 1.165) is 25.5 Å². The van der Waals surface area contributed by atoms with Gasteiger partial charge in [0.05, 0.1) is 6.26 Å². The summed E-state index contributed by atoms with van der Waals surface area (Å²) >= 11 is 0. The summed E-state index contributed by atoms with van der Waals surface area (Å²) in [4.78, 5) is 0. The maximum atomic E-state index is 10.5. The molecule has 0 heterocycles. The van der Waals surface area contributed by atoms with Gasteiger partial charge in [-0.2, -0.15) is 8.42 Å². The summed E-state index contributed by atoms with van der Waals surface area (Å²) < 4.78 is 25.7. The van der Waals surface area contributed by atoms with E-state index in [4.69, 9.17) is 0 Å². The molecular formula is C6H10O3S. The minimum Gasteiger partial charge on any atom is -0.387 e. The van der Waals surface area contributed by atoms with Gasteiger partial charge in [-0.15, -0.1) is 0 Å². The van der Waals surface area contributed by atoms with Crippen LogP contribution in [-0.2, 0) is 14.3 Å². The summed E-state index contributed by atoms with van der Waals surface area (Å²) in [5.41, 5.74) is 0. The van der Waals surface area contributed by atoms with E-state index in [1.165, 1.54) is 0 Å². The Bertz CT molecular complexity index is 238. The van der Waals surface area contributed by atoms with Crippen molar-refractivity contribution in [3.63, 3.8) is 0 Å². The fourth-order valence-electron chi connectivity index (χ4n) is 0.912. The molecule has 10 heavy (non-hydrogen) atoms. The maximum absolute atomic E-state index is 10.5. The monoisotopic (exact) mass is 162 g/mol. The molecule has 0 aromatic heterocycles. The fourth-order valence-corrected chi connectivity index (χ4v) is 1.45. The molecule has 0 N–H and O–H groups in total. The van der Waals surface area contributed by atoms with Crippen molar-refractivity contribution in [3.05, 3.63) is 11.8 Å². The Morgan fingerprint density at radius 1 is 1.60 bits per heavy atom. The van der Waals surface area contributed by atoms with Crippen LogP contribution in [0, 0.1) is 0 Å². The molecule has 1 aliphatic carbocycles. The Kier molecular flexibility index (Phi) is 1.99. The van der Waals surface area contributed by atoms with Gasteiger partial charge in [-0.05, 0) is 18.9 Å². The molecule has 0 saturated carbocycles. The van der Waals surface area contributed by atoms with Gasteiger partial charge in [0.1, 0.15) is 5.76 Å². The highest BCUT2D eigenvalue weighted by atomic mass is 32.2. The first-order valence-corrected chi connectivity index (χ1v) is 4.98. The zero-order valence-corrected chi connectivity index (χ0v) is 6.65. The predicted molar refractivity (Wildman–Crippen MR) is 37.9 cm³/mol. The van der Waals surface area contributed by atoms with Crippen LogP contribution >= 0.6 is 0 Å². The van der Waals surface area contributed by atoms with E-state index in [1.54, 1.807) is 0 Å². The largest absolute Gasteiger partial charge is 0.387 e. The third kappa shape index (κ3) is 2.39. The average Bonchev–Trinajstić information content (AvgIpc) is 2.12. The van der Waals surface area contributed by atoms with Crippen LogP contribution in [0.25, 0.3) is 0 Å². The molecular weight excluding hydrogens is 152 g/mol. The zero-order valence-electron chi connectivity index (χ0n) is 5.83. The number of allylic oxidation sites excluding steroid dienone is 2. The second-order valence-electron chi connectivity index (χ2n) is 2.35. The molecule has 0 bridgehead atoms. The van der Waals surface area contributed by atoms with Crippen LogP contribution in [-0.4, -0.2) is 14.7 Å². The third-order valence-electron chi connectivity index (χ3n) is 1.26. The lowest BCUT2D eigenvalue weighted by Gasteiger charge is -2.00. The SMILES string of the molecule is CS(=O)(=O)OC1=CCCC1. The molecule has 0 atom stereocenters. The Morgan fingerprint density at radius 2 is 2.30 bits per heavy atom. The van der Waals surface area contributed by atoms with Crippen LogP contribution in [0.1, 0.15) is 19.3 Å². The van der Waals surface area contributed by atoms with Crippen molar-refractivity contribution in [3.8, 4) is 0 Å². The highest BCUT2D eigenvalue weighted by Gasteiger charge is 2.10. The summed E-state index contributed by atoms with van der Waals surface area (Å²) in [7, 11) is -3.28. The van der Waals surface area contributed by atoms with Crippen LogP contribution in [0.2, 0.25) is 0 Å². The minimum absolute atomic E-state index is 0.600. The molecule has 4 heteroatoms. The van der Waals surface area contributed by atoms with Gasteiger partial charge in [0.25, 0.3) is 0 Å². The van der Waals surface area contributed by atoms with Gasteiger partial charge in [-0.25, -0.2) is 0 Å². The summed E-state index contributed by atoms with van der Waals surface area (Å²) in [6.07, 6.45) is 5.58. The van der Waals surface area contributed by atoms with Crippen LogP contribution in [0.5, 0.6) is 0 Å². The molecule has 0 amide bonds. The lowest BCUT2D eigenvalue weighted by Crippen LogP contribution is -2.00. The van der Waals surface area contributed by atoms with E-state index < -0.39 is 10.1 Å². The highest BCUT2D eigenvalue weighted by Crippen LogP contribution is 2.19. The number of hydrogen-bond donors (Lipinski definition) is 0. The first-order chi connectivity index (χ1) is 4.58. The van der Waals surface area contributed by atoms with Gasteiger partial charge < -0.3 is 4.18 Å². The lowest BCUT2D eigenvalue weighted by molar-refractivity contribution is 0.401. The molecule has 3 nitrogen and oxygen atoms in total. The van der Waals surface area contributed by atoms with Crippen molar-refractivity contribution in [2.45, 2.75) is 19.3 Å². The molecule has 0 radical (unpaired) electrons. The van der Waals surface area contributed by atoms with Crippen molar-refractivity contribution in [1.29, 1.82) is 0 Å². The first-order valence-electron chi connectivity index (χ1n) is 3.16. The van der Waals surface area contributed by atoms with Crippen LogP contribution in [0.3, 0.4) is 0 Å². The van der Waals surface area contributed by atoms with Gasteiger partial charge >= 0.3 is 10.1 Å². The van der Waals surface area contributed by atoms with E-state index in [-0.39, 0.29) is 0 Å². The Balaban J connectivity index is 2.54. The van der Waals surface area contributed by atoms with Crippen LogP contribution in [0.4, 0.5) is 0 Å². The third-order valence-corrected chi connectivity index (χ3v) is 1.77. The molecule has 0 aliphatic heterocycles. The quantitative estimate of drug-likeness (QED) is 0.569. The number of rotatable bonds is 2. The van der Waals surface area contributed by atoms with Crippen molar-refractivity contribution in [2.75, 3.05) is 6.26 Å². The molecule has 0 saturated heterocycles. The zero-order chi connectivity index (χ0) is 7.61. The topological polar surface area (TPSA) is 43.4 Å². The van der Waals surface area contributed by atoms with Gasteiger partial charge in [0.2, 0.25) is 0 Å². The highest BCUT2D eigenvalue weighted by molar-refractivity contribution is 7.86. The van der Waals surface area contributed by atoms with Gasteiger partial charge in [0.15, 0.2) is 0 Å². The van der Waals surface area contributed by atoms with Crippen LogP contribution in [0.15, 0.2) is 11.8 Å². The van der Waals surface area contributed by atoms with Crippen molar-refractivity contribution < 1.29 is 12.6 Å². The predicted octanol–water partition coefficient (Wildman–Crippen LogP) is 1.03. The molecule has 0 spiro atoms. The molecule has 0 aromatic rings. The average molecular weight is 162 g/mol. The molecule has 1 rings (SSSR count). The second kappa shape index (κ2) is 2.62. The standard InChI is InChI=1S/C6H10O3S/c1-10(7,8)9-6-4-2-3-5-6/h4H,2-3,5H2,1H3. The van der Waals surface area contributed by atoms with E-state index in [2.05, 4.69) is 4.18 Å². The van der Waals surface area contributed by atoms with Crippen molar-refractivity contribution in [1.82, 2.24) is 0 Å². The first kappa shape index (κ1) is 7.60. The van der Waals surface area contributed by atoms with E-state index >= 15 is 0 Å². The molecule has 0 aromatic carbocycles. The molecule has 58 valence electrons. The maximum Gasteiger partial charge on any atom is 0.305 e. The minimum atomic E-state index is -3.28. The van der Waals surface area contributed by atoms with Gasteiger partial charge in [-0.3, -0.25) is 0 Å². The van der Waals surface area contributed by atoms with Crippen molar-refractivity contribution >= 4 is 10.1 Å². The Labute approximate surface area is 60.8 Å². The molecule has 0 fully saturated rings. The lowest BCUT2D eigenvalue weighted by atomic mass is 10.4. The number of hydrogen-bond acceptors (Lipinski definition) is 3. The van der Waals surface area contributed by atoms with Gasteiger partial charge in [-0.1, -0.05) is 0 Å². The fraction of sp³-hybridized carbons (Fsp3) is 0.667. The van der Waals surface area contributed by atoms with E-state index in [0.29, 0.717) is 5.76 Å². The summed E-state index contributed by atoms with van der Waals surface area (Å²) in [5.74, 6) is 0.600. The summed E-state index contributed by atoms with van der Waals surface area (Å²) in [5, 5.41) is 0. The van der Waals surface area contributed by atoms with Crippen LogP contribution < -0.4 is 0 Å². The van der Waals surface area contributed by atoms with Crippen molar-refractivity contribution in [2.24, 2.45) is 0 Å². The molecule has 0 unspecified atom stereocenters. The van der Waals surface area contributed by atoms with E-state index in [9.17, 15) is 8.42 Å². The Morgan fingerprint density at radius 3 is 2.70 bits per heavy atom. The summed E-state index contributed by atoms with van der Waals surface area (Å²) in [6.45, 7) is 0. The smallest absolute Gasteiger partial charge is 0.305 e. The van der Waals surface area contributed by atoms with E-state index in [1.807, 2.05) is 6.08 Å². The molecule has 1 aliphatic rings. The normalized spacial score (nSPS) is 18.7. The summed E-state index contributed by atoms with van der Waals surface area (Å²) in [6, 6.07) is 0. The Hall–Kier alpha value is -0.510.